The summed E-state index contributed by atoms with van der Waals surface area (Å²) in [6.07, 6.45) is 4.07. The Kier molecular flexibility index (Phi) is 5.25. The van der Waals surface area contributed by atoms with Crippen LogP contribution >= 0.6 is 0 Å². The van der Waals surface area contributed by atoms with Gasteiger partial charge in [0.05, 0.1) is 16.6 Å². The molecule has 3 heterocycles. The molecule has 1 unspecified atom stereocenters. The van der Waals surface area contributed by atoms with Crippen molar-refractivity contribution in [1.29, 1.82) is 0 Å². The fourth-order valence-electron chi connectivity index (χ4n) is 6.17. The van der Waals surface area contributed by atoms with Crippen LogP contribution in [0.25, 0.3) is 33.5 Å². The number of fused-ring (bicyclic) bond motifs is 1. The predicted octanol–water partition coefficient (Wildman–Crippen LogP) is 3.50. The summed E-state index contributed by atoms with van der Waals surface area (Å²) in [4.78, 5) is 28.0. The molecule has 38 heavy (non-hydrogen) atoms. The van der Waals surface area contributed by atoms with Gasteiger partial charge in [-0.1, -0.05) is 0 Å². The first kappa shape index (κ1) is 24.3. The van der Waals surface area contributed by atoms with Crippen molar-refractivity contribution < 1.29 is 22.7 Å². The molecule has 12 heteroatoms. The number of benzene rings is 1. The summed E-state index contributed by atoms with van der Waals surface area (Å²) in [5.41, 5.74) is 7.48. The van der Waals surface area contributed by atoms with Gasteiger partial charge in [0, 0.05) is 41.9 Å². The molecular weight excluding hydrogens is 499 g/mol. The summed E-state index contributed by atoms with van der Waals surface area (Å²) >= 11 is 0. The fourth-order valence-corrected chi connectivity index (χ4v) is 6.17. The zero-order valence-electron chi connectivity index (χ0n) is 20.8. The minimum atomic E-state index is -3.10. The number of halogens is 3. The van der Waals surface area contributed by atoms with Crippen molar-refractivity contribution in [2.75, 3.05) is 14.1 Å². The molecule has 2 N–H and O–H groups in total. The number of carbonyl (C=O) groups excluding carboxylic acids is 1. The molecule has 3 fully saturated rings. The minimum Gasteiger partial charge on any atom is -0.433 e. The lowest BCUT2D eigenvalue weighted by atomic mass is 9.31. The second-order valence-electron chi connectivity index (χ2n) is 10.2. The Bertz CT molecular complexity index is 1580. The summed E-state index contributed by atoms with van der Waals surface area (Å²) in [5, 5.41) is 4.54. The standard InChI is InChI=1S/C26H24F3N7O2/c1-35(2)26-10-25(11-26,23(30)37)22(26)21-17(38-24(28)29)8-16-20(33-21)19(32-12-31-16)15-9-36(3)34-18(15)13-4-6-14(27)7-5-13/h4-9,12,22,24H,10-11H2,1-3H3,(H2,30,37). The van der Waals surface area contributed by atoms with Crippen LogP contribution in [0.15, 0.2) is 42.9 Å². The molecule has 0 radical (unpaired) electrons. The maximum atomic E-state index is 13.6. The Balaban J connectivity index is 1.57. The maximum absolute atomic E-state index is 13.6. The van der Waals surface area contributed by atoms with Gasteiger partial charge in [-0.05, 0) is 51.2 Å². The van der Waals surface area contributed by atoms with E-state index in [0.717, 1.165) is 0 Å². The second-order valence-corrected chi connectivity index (χ2v) is 10.2. The smallest absolute Gasteiger partial charge is 0.387 e. The van der Waals surface area contributed by atoms with Gasteiger partial charge in [-0.3, -0.25) is 9.48 Å². The summed E-state index contributed by atoms with van der Waals surface area (Å²) in [5.74, 6) is -1.57. The molecule has 1 aromatic carbocycles. The summed E-state index contributed by atoms with van der Waals surface area (Å²) in [6.45, 7) is -3.10. The van der Waals surface area contributed by atoms with E-state index in [-0.39, 0.29) is 22.8 Å². The number of primary amides is 1. The number of carbonyl (C=O) groups is 1. The van der Waals surface area contributed by atoms with E-state index in [4.69, 9.17) is 15.5 Å². The molecule has 1 atom stereocenters. The average Bonchev–Trinajstić information content (AvgIpc) is 3.18. The Hall–Kier alpha value is -4.06. The third kappa shape index (κ3) is 3.32. The first-order valence-corrected chi connectivity index (χ1v) is 11.9. The minimum absolute atomic E-state index is 0.150. The topological polar surface area (TPSA) is 112 Å². The van der Waals surface area contributed by atoms with Crippen molar-refractivity contribution in [3.8, 4) is 28.3 Å². The van der Waals surface area contributed by atoms with Crippen molar-refractivity contribution in [2.45, 2.75) is 30.9 Å². The molecule has 0 aliphatic heterocycles. The summed E-state index contributed by atoms with van der Waals surface area (Å²) in [7, 11) is 5.50. The van der Waals surface area contributed by atoms with Crippen LogP contribution in [-0.4, -0.2) is 61.8 Å². The Morgan fingerprint density at radius 2 is 1.89 bits per heavy atom. The first-order valence-electron chi connectivity index (χ1n) is 11.9. The van der Waals surface area contributed by atoms with E-state index >= 15 is 0 Å². The van der Waals surface area contributed by atoms with Gasteiger partial charge >= 0.3 is 6.61 Å². The van der Waals surface area contributed by atoms with Crippen molar-refractivity contribution in [1.82, 2.24) is 29.6 Å². The zero-order valence-corrected chi connectivity index (χ0v) is 20.8. The number of rotatable bonds is 7. The highest BCUT2D eigenvalue weighted by molar-refractivity contribution is 5.94. The number of nitrogens with zero attached hydrogens (tertiary/aromatic N) is 6. The number of amides is 1. The first-order chi connectivity index (χ1) is 18.1. The molecular formula is C26H24F3N7O2. The highest BCUT2D eigenvalue weighted by Gasteiger charge is 2.80. The van der Waals surface area contributed by atoms with Crippen LogP contribution in [0.1, 0.15) is 24.5 Å². The maximum Gasteiger partial charge on any atom is 0.387 e. The molecule has 1 amide bonds. The molecule has 3 aliphatic carbocycles. The van der Waals surface area contributed by atoms with Crippen molar-refractivity contribution in [3.05, 3.63) is 54.4 Å². The number of alkyl halides is 2. The van der Waals surface area contributed by atoms with Crippen molar-refractivity contribution in [3.63, 3.8) is 0 Å². The third-order valence-electron chi connectivity index (χ3n) is 8.01. The number of nitrogens with two attached hydrogens (primary N) is 1. The number of aryl methyl sites for hydroxylation is 1. The monoisotopic (exact) mass is 523 g/mol. The van der Waals surface area contributed by atoms with Crippen LogP contribution in [0.4, 0.5) is 13.2 Å². The number of aromatic nitrogens is 5. The lowest BCUT2D eigenvalue weighted by molar-refractivity contribution is -0.228. The predicted molar refractivity (Wildman–Crippen MR) is 132 cm³/mol. The van der Waals surface area contributed by atoms with Crippen molar-refractivity contribution in [2.24, 2.45) is 18.2 Å². The van der Waals surface area contributed by atoms with Crippen LogP contribution in [0.5, 0.6) is 5.75 Å². The lowest BCUT2D eigenvalue weighted by Crippen LogP contribution is -2.82. The summed E-state index contributed by atoms with van der Waals surface area (Å²) < 4.78 is 47.1. The number of ether oxygens (including phenoxy) is 1. The molecule has 3 saturated carbocycles. The molecule has 196 valence electrons. The van der Waals surface area contributed by atoms with Gasteiger partial charge in [0.15, 0.2) is 0 Å². The van der Waals surface area contributed by atoms with E-state index in [9.17, 15) is 18.0 Å². The van der Waals surface area contributed by atoms with Crippen LogP contribution in [0.3, 0.4) is 0 Å². The van der Waals surface area contributed by atoms with Crippen LogP contribution in [-0.2, 0) is 11.8 Å². The summed E-state index contributed by atoms with van der Waals surface area (Å²) in [6, 6.07) is 7.29. The van der Waals surface area contributed by atoms with E-state index < -0.39 is 29.4 Å². The third-order valence-corrected chi connectivity index (χ3v) is 8.01. The van der Waals surface area contributed by atoms with E-state index in [1.165, 1.54) is 24.5 Å². The van der Waals surface area contributed by atoms with Crippen LogP contribution in [0, 0.1) is 11.2 Å². The number of hydrogen-bond acceptors (Lipinski definition) is 7. The van der Waals surface area contributed by atoms with E-state index in [1.54, 1.807) is 30.1 Å². The SMILES string of the molecule is CN(C)C12CC(C(N)=O)(C1)C2c1nc2c(-c3cn(C)nc3-c3ccc(F)cc3)ncnc2cc1OC(F)F. The molecule has 3 aromatic heterocycles. The Morgan fingerprint density at radius 3 is 2.53 bits per heavy atom. The van der Waals surface area contributed by atoms with Gasteiger partial charge in [-0.2, -0.15) is 13.9 Å². The number of likely N-dealkylation sites (N-methyl/N-ethyl adjacent to an activating group) is 1. The second kappa shape index (κ2) is 8.22. The van der Waals surface area contributed by atoms with Crippen LogP contribution < -0.4 is 10.5 Å². The highest BCUT2D eigenvalue weighted by atomic mass is 19.3. The molecule has 3 aliphatic rings. The lowest BCUT2D eigenvalue weighted by Gasteiger charge is -2.76. The van der Waals surface area contributed by atoms with E-state index in [0.29, 0.717) is 40.9 Å². The fraction of sp³-hybridized carbons (Fsp3) is 0.346. The van der Waals surface area contributed by atoms with Crippen LogP contribution in [0.2, 0.25) is 0 Å². The van der Waals surface area contributed by atoms with Gasteiger partial charge in [0.2, 0.25) is 5.91 Å². The molecule has 0 spiro atoms. The van der Waals surface area contributed by atoms with E-state index in [2.05, 4.69) is 15.1 Å². The van der Waals surface area contributed by atoms with Gasteiger partial charge in [-0.25, -0.2) is 19.3 Å². The van der Waals surface area contributed by atoms with Gasteiger partial charge < -0.3 is 15.4 Å². The van der Waals surface area contributed by atoms with Gasteiger partial charge in [0.25, 0.3) is 0 Å². The Morgan fingerprint density at radius 1 is 1.18 bits per heavy atom. The Labute approximate surface area is 215 Å². The molecule has 9 nitrogen and oxygen atoms in total. The van der Waals surface area contributed by atoms with Gasteiger partial charge in [-0.15, -0.1) is 0 Å². The highest BCUT2D eigenvalue weighted by Crippen LogP contribution is 2.77. The molecule has 2 bridgehead atoms. The van der Waals surface area contributed by atoms with E-state index in [1.807, 2.05) is 19.0 Å². The normalized spacial score (nSPS) is 23.9. The van der Waals surface area contributed by atoms with Crippen molar-refractivity contribution >= 4 is 16.9 Å². The number of hydrogen-bond donors (Lipinski definition) is 1. The van der Waals surface area contributed by atoms with Gasteiger partial charge in [0.1, 0.15) is 34.8 Å². The molecule has 7 rings (SSSR count). The average molecular weight is 524 g/mol. The molecule has 4 aromatic rings. The quantitative estimate of drug-likeness (QED) is 0.395. The number of pyridine rings is 1. The largest absolute Gasteiger partial charge is 0.433 e. The zero-order chi connectivity index (χ0) is 27.0. The molecule has 0 saturated heterocycles.